The van der Waals surface area contributed by atoms with Crippen LogP contribution in [0.4, 0.5) is 4.79 Å². The molecule has 0 bridgehead atoms. The Morgan fingerprint density at radius 3 is 2.41 bits per heavy atom. The molecule has 2 amide bonds. The van der Waals surface area contributed by atoms with Crippen molar-refractivity contribution < 1.29 is 14.3 Å². The van der Waals surface area contributed by atoms with Gasteiger partial charge in [0.25, 0.3) is 0 Å². The first-order valence-corrected chi connectivity index (χ1v) is 12.5. The van der Waals surface area contributed by atoms with E-state index in [1.807, 2.05) is 43.7 Å². The summed E-state index contributed by atoms with van der Waals surface area (Å²) in [5, 5.41) is 2.84. The van der Waals surface area contributed by atoms with E-state index in [-0.39, 0.29) is 23.9 Å². The van der Waals surface area contributed by atoms with Crippen LogP contribution in [-0.2, 0) is 9.53 Å². The van der Waals surface area contributed by atoms with E-state index in [4.69, 9.17) is 4.74 Å². The number of carbonyl (C=O) groups excluding carboxylic acids is 2. The number of methoxy groups -OCH3 is 1. The van der Waals surface area contributed by atoms with Crippen molar-refractivity contribution in [1.29, 1.82) is 0 Å². The van der Waals surface area contributed by atoms with Crippen LogP contribution < -0.4 is 8.85 Å². The van der Waals surface area contributed by atoms with E-state index < -0.39 is 26.2 Å². The molecule has 126 valence electrons. The molecule has 2 N–H and O–H groups in total. The molecule has 1 aromatic heterocycles. The van der Waals surface area contributed by atoms with Crippen LogP contribution in [0.15, 0.2) is 18.3 Å². The van der Waals surface area contributed by atoms with Gasteiger partial charge in [0.15, 0.2) is 0 Å². The number of alkyl carbamates (subject to hydrolysis) is 1. The summed E-state index contributed by atoms with van der Waals surface area (Å²) in [6, 6.07) is 3.29. The third-order valence-corrected chi connectivity index (χ3v) is 4.95. The monoisotopic (exact) mass is 423 g/mol. The summed E-state index contributed by atoms with van der Waals surface area (Å²) < 4.78 is 9.67. The summed E-state index contributed by atoms with van der Waals surface area (Å²) in [7, 11) is 1.34. The van der Waals surface area contributed by atoms with Crippen molar-refractivity contribution in [2.75, 3.05) is 17.0 Å². The van der Waals surface area contributed by atoms with Crippen molar-refractivity contribution in [3.8, 4) is 0 Å². The molecule has 6 nitrogen and oxygen atoms in total. The number of rotatable bonds is 6. The van der Waals surface area contributed by atoms with Crippen LogP contribution in [-0.4, -0.2) is 33.5 Å². The molecule has 7 heteroatoms. The van der Waals surface area contributed by atoms with E-state index in [0.29, 0.717) is 0 Å². The Balaban J connectivity index is 3.03. The van der Waals surface area contributed by atoms with Gasteiger partial charge in [0.2, 0.25) is 0 Å². The zero-order valence-corrected chi connectivity index (χ0v) is 16.2. The van der Waals surface area contributed by atoms with Crippen LogP contribution in [0.3, 0.4) is 0 Å². The second-order valence-electron chi connectivity index (χ2n) is 5.59. The first-order chi connectivity index (χ1) is 10.3. The van der Waals surface area contributed by atoms with Gasteiger partial charge < -0.3 is 0 Å². The van der Waals surface area contributed by atoms with Crippen LogP contribution >= 0.6 is 20.1 Å². The average molecular weight is 423 g/mol. The predicted octanol–water partition coefficient (Wildman–Crippen LogP) is 2.90. The fourth-order valence-corrected chi connectivity index (χ4v) is 3.70. The molecule has 0 fully saturated rings. The van der Waals surface area contributed by atoms with Gasteiger partial charge >= 0.3 is 140 Å². The number of nitrogens with one attached hydrogen (secondary N) is 2. The van der Waals surface area contributed by atoms with Gasteiger partial charge in [-0.2, -0.15) is 0 Å². The Kier molecular flexibility index (Phi) is 7.18. The number of hydrogen-bond acceptors (Lipinski definition) is 3. The molecule has 1 heterocycles. The number of carbonyl (C=O) groups is 2. The SMILES string of the molecule is COC(=O)NC(c1cccn1C(C)C(=O)NI(C)C)C(C)C. The molecule has 0 saturated heterocycles. The second-order valence-corrected chi connectivity index (χ2v) is 10.4. The molecule has 22 heavy (non-hydrogen) atoms. The fourth-order valence-electron chi connectivity index (χ4n) is 2.18. The zero-order chi connectivity index (χ0) is 16.9. The standard InChI is InChI=1S/C15H26IN3O3/c1-10(2)13(17-15(21)22-6)12-8-7-9-19(12)11(3)14(20)18-16(4)5/h7-11,13H,1-6H3,(H,17,21)(H,18,20). The summed E-state index contributed by atoms with van der Waals surface area (Å²) >= 11 is -1.34. The number of ether oxygens (including phenoxy) is 1. The zero-order valence-electron chi connectivity index (χ0n) is 14.0. The summed E-state index contributed by atoms with van der Waals surface area (Å²) in [5.41, 5.74) is 0.899. The van der Waals surface area contributed by atoms with Crippen LogP contribution in [0.5, 0.6) is 0 Å². The number of alkyl halides is 2. The van der Waals surface area contributed by atoms with Crippen molar-refractivity contribution in [3.63, 3.8) is 0 Å². The Hall–Kier alpha value is -1.25. The van der Waals surface area contributed by atoms with E-state index in [1.165, 1.54) is 7.11 Å². The predicted molar refractivity (Wildman–Crippen MR) is 96.3 cm³/mol. The molecule has 0 aliphatic heterocycles. The maximum absolute atomic E-state index is 12.3. The van der Waals surface area contributed by atoms with Crippen molar-refractivity contribution >= 4 is 32.1 Å². The molecule has 0 radical (unpaired) electrons. The van der Waals surface area contributed by atoms with E-state index in [9.17, 15) is 9.59 Å². The molecule has 2 atom stereocenters. The first kappa shape index (κ1) is 18.8. The van der Waals surface area contributed by atoms with Gasteiger partial charge in [-0.15, -0.1) is 0 Å². The van der Waals surface area contributed by atoms with Gasteiger partial charge in [0, 0.05) is 0 Å². The maximum atomic E-state index is 12.3. The number of halogens is 1. The molecule has 0 saturated carbocycles. The molecule has 2 unspecified atom stereocenters. The van der Waals surface area contributed by atoms with Crippen molar-refractivity contribution in [2.24, 2.45) is 5.92 Å². The number of amides is 2. The summed E-state index contributed by atoms with van der Waals surface area (Å²) in [6.45, 7) is 5.91. The normalized spacial score (nSPS) is 14.2. The van der Waals surface area contributed by atoms with E-state index in [1.54, 1.807) is 0 Å². The Morgan fingerprint density at radius 2 is 1.91 bits per heavy atom. The third-order valence-electron chi connectivity index (χ3n) is 3.33. The van der Waals surface area contributed by atoms with Crippen LogP contribution in [0.25, 0.3) is 0 Å². The van der Waals surface area contributed by atoms with E-state index in [2.05, 4.69) is 18.7 Å². The van der Waals surface area contributed by atoms with Crippen LogP contribution in [0.1, 0.15) is 38.5 Å². The molecule has 0 spiro atoms. The quantitative estimate of drug-likeness (QED) is 0.420. The molecule has 1 aromatic rings. The third kappa shape index (κ3) is 4.89. The molecule has 0 aromatic carbocycles. The Bertz CT molecular complexity index is 514. The molecule has 1 rings (SSSR count). The minimum absolute atomic E-state index is 0.0215. The summed E-state index contributed by atoms with van der Waals surface area (Å²) in [5.74, 6) is 0.192. The average Bonchev–Trinajstić information content (AvgIpc) is 2.91. The van der Waals surface area contributed by atoms with Gasteiger partial charge in [0.1, 0.15) is 0 Å². The number of aromatic nitrogens is 1. The van der Waals surface area contributed by atoms with Crippen molar-refractivity contribution in [3.05, 3.63) is 24.0 Å². The minimum atomic E-state index is -1.34. The topological polar surface area (TPSA) is 72.4 Å². The summed E-state index contributed by atoms with van der Waals surface area (Å²) in [4.78, 5) is 28.0. The van der Waals surface area contributed by atoms with Crippen molar-refractivity contribution in [2.45, 2.75) is 32.9 Å². The number of hydrogen-bond donors (Lipinski definition) is 2. The molecular weight excluding hydrogens is 397 g/mol. The van der Waals surface area contributed by atoms with Gasteiger partial charge in [-0.3, -0.25) is 0 Å². The first-order valence-electron chi connectivity index (χ1n) is 7.09. The van der Waals surface area contributed by atoms with E-state index in [0.717, 1.165) is 5.69 Å². The fraction of sp³-hybridized carbons (Fsp3) is 0.600. The summed E-state index contributed by atoms with van der Waals surface area (Å²) in [6.07, 6.45) is 1.40. The van der Waals surface area contributed by atoms with Gasteiger partial charge in [-0.1, -0.05) is 0 Å². The molecule has 0 aliphatic rings. The van der Waals surface area contributed by atoms with Crippen LogP contribution in [0.2, 0.25) is 0 Å². The molecular formula is C15H26IN3O3. The van der Waals surface area contributed by atoms with Gasteiger partial charge in [-0.05, 0) is 0 Å². The Labute approximate surface area is 139 Å². The Morgan fingerprint density at radius 1 is 1.27 bits per heavy atom. The van der Waals surface area contributed by atoms with E-state index >= 15 is 0 Å². The van der Waals surface area contributed by atoms with Gasteiger partial charge in [0.05, 0.1) is 0 Å². The van der Waals surface area contributed by atoms with Crippen molar-refractivity contribution in [1.82, 2.24) is 13.4 Å². The number of nitrogens with zero attached hydrogens (tertiary/aromatic N) is 1. The van der Waals surface area contributed by atoms with Crippen LogP contribution in [0, 0.1) is 5.92 Å². The van der Waals surface area contributed by atoms with Gasteiger partial charge in [-0.25, -0.2) is 0 Å². The second kappa shape index (κ2) is 8.40. The molecule has 0 aliphatic carbocycles.